The number of aliphatic imine (C=N–C) groups is 1. The zero-order valence-corrected chi connectivity index (χ0v) is 17.9. The fourth-order valence-corrected chi connectivity index (χ4v) is 4.87. The molecular weight excluding hydrogens is 386 g/mol. The second-order valence-electron chi connectivity index (χ2n) is 7.15. The van der Waals surface area contributed by atoms with E-state index in [9.17, 15) is 8.42 Å². The zero-order chi connectivity index (χ0) is 20.5. The molecule has 2 heterocycles. The maximum absolute atomic E-state index is 12.7. The van der Waals surface area contributed by atoms with Gasteiger partial charge in [-0.3, -0.25) is 0 Å². The molecule has 1 aliphatic heterocycles. The van der Waals surface area contributed by atoms with E-state index in [1.165, 1.54) is 0 Å². The number of nitrogens with one attached hydrogen (secondary N) is 2. The maximum Gasteiger partial charge on any atom is 0.243 e. The van der Waals surface area contributed by atoms with Gasteiger partial charge in [-0.05, 0) is 49.6 Å². The molecule has 0 atom stereocenters. The van der Waals surface area contributed by atoms with E-state index in [2.05, 4.69) is 20.2 Å². The Morgan fingerprint density at radius 3 is 2.38 bits per heavy atom. The molecular formula is C21H31N5O2S. The lowest BCUT2D eigenvalue weighted by Gasteiger charge is -2.25. The number of piperidine rings is 1. The molecule has 0 radical (unpaired) electrons. The number of hydrogen-bond donors (Lipinski definition) is 2. The highest BCUT2D eigenvalue weighted by atomic mass is 32.2. The molecule has 0 aliphatic carbocycles. The van der Waals surface area contributed by atoms with Gasteiger partial charge in [-0.1, -0.05) is 18.6 Å². The Balaban J connectivity index is 1.57. The fraction of sp³-hybridized carbons (Fsp3) is 0.476. The topological polar surface area (TPSA) is 78.7 Å². The SMILES string of the molecule is CCNC(=NCc1ccc(S(=O)(=O)N2CCCCC2)cc1)NCCn1cccc1. The number of nitrogens with zero attached hydrogens (tertiary/aromatic N) is 3. The number of guanidine groups is 1. The molecule has 0 bridgehead atoms. The van der Waals surface area contributed by atoms with Crippen LogP contribution in [0.4, 0.5) is 0 Å². The van der Waals surface area contributed by atoms with Crippen LogP contribution in [0.1, 0.15) is 31.7 Å². The van der Waals surface area contributed by atoms with E-state index in [0.29, 0.717) is 24.5 Å². The van der Waals surface area contributed by atoms with Gasteiger partial charge >= 0.3 is 0 Å². The van der Waals surface area contributed by atoms with Crippen LogP contribution in [0.25, 0.3) is 0 Å². The standard InChI is InChI=1S/C21H31N5O2S/c1-2-22-21(23-12-17-25-13-6-7-14-25)24-18-19-8-10-20(11-9-19)29(27,28)26-15-4-3-5-16-26/h6-11,13-14H,2-5,12,15-18H2,1H3,(H2,22,23,24). The molecule has 3 rings (SSSR count). The molecule has 0 amide bonds. The number of aromatic nitrogens is 1. The summed E-state index contributed by atoms with van der Waals surface area (Å²) < 4.78 is 29.2. The lowest BCUT2D eigenvalue weighted by molar-refractivity contribution is 0.346. The van der Waals surface area contributed by atoms with Gasteiger partial charge < -0.3 is 15.2 Å². The van der Waals surface area contributed by atoms with Crippen molar-refractivity contribution in [2.75, 3.05) is 26.2 Å². The van der Waals surface area contributed by atoms with Crippen molar-refractivity contribution in [3.8, 4) is 0 Å². The van der Waals surface area contributed by atoms with E-state index in [1.807, 2.05) is 43.6 Å². The lowest BCUT2D eigenvalue weighted by atomic mass is 10.2. The highest BCUT2D eigenvalue weighted by Crippen LogP contribution is 2.21. The lowest BCUT2D eigenvalue weighted by Crippen LogP contribution is -2.38. The van der Waals surface area contributed by atoms with E-state index < -0.39 is 10.0 Å². The van der Waals surface area contributed by atoms with Gasteiger partial charge in [0.1, 0.15) is 0 Å². The summed E-state index contributed by atoms with van der Waals surface area (Å²) in [4.78, 5) is 4.97. The number of rotatable bonds is 8. The van der Waals surface area contributed by atoms with E-state index in [0.717, 1.165) is 50.4 Å². The average Bonchev–Trinajstić information content (AvgIpc) is 3.26. The average molecular weight is 418 g/mol. The molecule has 2 N–H and O–H groups in total. The van der Waals surface area contributed by atoms with Crippen molar-refractivity contribution < 1.29 is 8.42 Å². The van der Waals surface area contributed by atoms with Gasteiger partial charge in [0, 0.05) is 45.1 Å². The minimum atomic E-state index is -3.38. The highest BCUT2D eigenvalue weighted by Gasteiger charge is 2.25. The smallest absolute Gasteiger partial charge is 0.243 e. The molecule has 1 saturated heterocycles. The summed E-state index contributed by atoms with van der Waals surface area (Å²) in [6.07, 6.45) is 7.06. The summed E-state index contributed by atoms with van der Waals surface area (Å²) in [5.74, 6) is 0.754. The summed E-state index contributed by atoms with van der Waals surface area (Å²) in [6.45, 7) is 6.17. The van der Waals surface area contributed by atoms with Crippen molar-refractivity contribution >= 4 is 16.0 Å². The Labute approximate surface area is 173 Å². The third kappa shape index (κ3) is 6.08. The third-order valence-corrected chi connectivity index (χ3v) is 6.88. The second-order valence-corrected chi connectivity index (χ2v) is 9.09. The Kier molecular flexibility index (Phi) is 7.71. The highest BCUT2D eigenvalue weighted by molar-refractivity contribution is 7.89. The molecule has 1 aromatic heterocycles. The Morgan fingerprint density at radius 2 is 1.72 bits per heavy atom. The maximum atomic E-state index is 12.7. The third-order valence-electron chi connectivity index (χ3n) is 4.97. The van der Waals surface area contributed by atoms with Crippen LogP contribution in [-0.2, 0) is 23.1 Å². The monoisotopic (exact) mass is 417 g/mol. The molecule has 1 aliphatic rings. The number of sulfonamides is 1. The Morgan fingerprint density at radius 1 is 1.03 bits per heavy atom. The van der Waals surface area contributed by atoms with Crippen LogP contribution in [-0.4, -0.2) is 49.4 Å². The summed E-state index contributed by atoms with van der Waals surface area (Å²) in [7, 11) is -3.38. The van der Waals surface area contributed by atoms with Crippen molar-refractivity contribution in [3.63, 3.8) is 0 Å². The van der Waals surface area contributed by atoms with E-state index in [4.69, 9.17) is 0 Å². The van der Waals surface area contributed by atoms with Gasteiger partial charge in [0.2, 0.25) is 10.0 Å². The molecule has 29 heavy (non-hydrogen) atoms. The predicted molar refractivity (Wildman–Crippen MR) is 116 cm³/mol. The number of benzene rings is 1. The van der Waals surface area contributed by atoms with Gasteiger partial charge in [-0.15, -0.1) is 0 Å². The molecule has 0 unspecified atom stereocenters. The quantitative estimate of drug-likeness (QED) is 0.511. The normalized spacial score (nSPS) is 16.0. The molecule has 1 fully saturated rings. The molecule has 158 valence electrons. The Hall–Kier alpha value is -2.32. The van der Waals surface area contributed by atoms with Crippen LogP contribution in [0.3, 0.4) is 0 Å². The first kappa shape index (κ1) is 21.4. The zero-order valence-electron chi connectivity index (χ0n) is 17.0. The minimum absolute atomic E-state index is 0.365. The first-order valence-electron chi connectivity index (χ1n) is 10.3. The van der Waals surface area contributed by atoms with Gasteiger partial charge in [0.05, 0.1) is 11.4 Å². The summed E-state index contributed by atoms with van der Waals surface area (Å²) in [6, 6.07) is 11.1. The van der Waals surface area contributed by atoms with Crippen LogP contribution in [0.2, 0.25) is 0 Å². The van der Waals surface area contributed by atoms with Crippen molar-refractivity contribution in [2.24, 2.45) is 4.99 Å². The molecule has 2 aromatic rings. The van der Waals surface area contributed by atoms with E-state index >= 15 is 0 Å². The van der Waals surface area contributed by atoms with Crippen molar-refractivity contribution in [3.05, 3.63) is 54.4 Å². The van der Waals surface area contributed by atoms with Gasteiger partial charge in [-0.25, -0.2) is 13.4 Å². The van der Waals surface area contributed by atoms with Crippen LogP contribution in [0.5, 0.6) is 0 Å². The first-order chi connectivity index (χ1) is 14.1. The summed E-state index contributed by atoms with van der Waals surface area (Å²) in [5, 5.41) is 6.56. The molecule has 0 saturated carbocycles. The fourth-order valence-electron chi connectivity index (χ4n) is 3.36. The second kappa shape index (κ2) is 10.5. The molecule has 1 aromatic carbocycles. The van der Waals surface area contributed by atoms with Crippen LogP contribution < -0.4 is 10.6 Å². The predicted octanol–water partition coefficient (Wildman–Crippen LogP) is 2.42. The van der Waals surface area contributed by atoms with Crippen molar-refractivity contribution in [2.45, 2.75) is 44.2 Å². The minimum Gasteiger partial charge on any atom is -0.357 e. The largest absolute Gasteiger partial charge is 0.357 e. The van der Waals surface area contributed by atoms with Gasteiger partial charge in [0.15, 0.2) is 5.96 Å². The van der Waals surface area contributed by atoms with Crippen LogP contribution in [0.15, 0.2) is 58.7 Å². The van der Waals surface area contributed by atoms with Crippen molar-refractivity contribution in [1.82, 2.24) is 19.5 Å². The Bertz CT molecular complexity index is 870. The van der Waals surface area contributed by atoms with E-state index in [1.54, 1.807) is 16.4 Å². The van der Waals surface area contributed by atoms with Gasteiger partial charge in [0.25, 0.3) is 0 Å². The number of hydrogen-bond acceptors (Lipinski definition) is 3. The van der Waals surface area contributed by atoms with Gasteiger partial charge in [-0.2, -0.15) is 4.31 Å². The van der Waals surface area contributed by atoms with Crippen LogP contribution in [0, 0.1) is 0 Å². The summed E-state index contributed by atoms with van der Waals surface area (Å²) in [5.41, 5.74) is 0.977. The first-order valence-corrected chi connectivity index (χ1v) is 11.8. The molecule has 0 spiro atoms. The molecule has 7 nitrogen and oxygen atoms in total. The summed E-state index contributed by atoms with van der Waals surface area (Å²) >= 11 is 0. The molecule has 8 heteroatoms. The van der Waals surface area contributed by atoms with Crippen LogP contribution >= 0.6 is 0 Å². The van der Waals surface area contributed by atoms with E-state index in [-0.39, 0.29) is 0 Å². The van der Waals surface area contributed by atoms with Crippen molar-refractivity contribution in [1.29, 1.82) is 0 Å².